The Bertz CT molecular complexity index is 1130. The third kappa shape index (κ3) is 3.56. The first kappa shape index (κ1) is 18.4. The molecule has 0 saturated carbocycles. The maximum atomic E-state index is 13.1. The summed E-state index contributed by atoms with van der Waals surface area (Å²) in [6.45, 7) is 1.46. The number of thioether (sulfide) groups is 1. The first-order chi connectivity index (χ1) is 13.5. The number of benzene rings is 3. The molecule has 1 saturated heterocycles. The van der Waals surface area contributed by atoms with E-state index in [-0.39, 0.29) is 11.8 Å². The molecule has 0 aromatic heterocycles. The number of carbonyl (C=O) groups excluding carboxylic acids is 2. The van der Waals surface area contributed by atoms with Crippen LogP contribution in [-0.2, 0) is 9.59 Å². The van der Waals surface area contributed by atoms with Crippen LogP contribution in [0.4, 0.5) is 11.4 Å². The standard InChI is InChI=1S/C22H16N2O2S2/c1-14(25)23-17-11-9-15(10-12-17)13-20-21(26)24(22(27)28-20)19-8-4-6-16-5-2-3-7-18(16)19/h2-13H,1H3,(H,23,25)/b20-13+. The number of carbonyl (C=O) groups is 2. The summed E-state index contributed by atoms with van der Waals surface area (Å²) in [5.74, 6) is -0.249. The molecule has 0 radical (unpaired) electrons. The van der Waals surface area contributed by atoms with E-state index in [1.54, 1.807) is 17.0 Å². The Hall–Kier alpha value is -2.96. The number of amides is 2. The van der Waals surface area contributed by atoms with Gasteiger partial charge >= 0.3 is 0 Å². The quantitative estimate of drug-likeness (QED) is 0.481. The minimum atomic E-state index is -0.128. The van der Waals surface area contributed by atoms with Gasteiger partial charge in [0.05, 0.1) is 10.6 Å². The molecule has 1 N–H and O–H groups in total. The van der Waals surface area contributed by atoms with Crippen LogP contribution in [0.1, 0.15) is 12.5 Å². The number of hydrogen-bond donors (Lipinski definition) is 1. The molecule has 1 aliphatic heterocycles. The Morgan fingerprint density at radius 2 is 1.75 bits per heavy atom. The highest BCUT2D eigenvalue weighted by Gasteiger charge is 2.34. The lowest BCUT2D eigenvalue weighted by atomic mass is 10.1. The summed E-state index contributed by atoms with van der Waals surface area (Å²) in [4.78, 5) is 26.4. The molecular weight excluding hydrogens is 388 g/mol. The van der Waals surface area contributed by atoms with Crippen LogP contribution in [0, 0.1) is 0 Å². The molecule has 138 valence electrons. The van der Waals surface area contributed by atoms with Crippen molar-refractivity contribution in [2.75, 3.05) is 10.2 Å². The first-order valence-corrected chi connectivity index (χ1v) is 9.89. The van der Waals surface area contributed by atoms with Crippen LogP contribution in [0.2, 0.25) is 0 Å². The molecule has 2 amide bonds. The van der Waals surface area contributed by atoms with Gasteiger partial charge in [-0.15, -0.1) is 0 Å². The lowest BCUT2D eigenvalue weighted by molar-refractivity contribution is -0.114. The van der Waals surface area contributed by atoms with Crippen LogP contribution >= 0.6 is 24.0 Å². The summed E-state index contributed by atoms with van der Waals surface area (Å²) < 4.78 is 0.516. The molecular formula is C22H16N2O2S2. The Morgan fingerprint density at radius 3 is 2.50 bits per heavy atom. The Kier molecular flexibility index (Phi) is 4.98. The third-order valence-electron chi connectivity index (χ3n) is 4.33. The van der Waals surface area contributed by atoms with E-state index in [1.165, 1.54) is 18.7 Å². The van der Waals surface area contributed by atoms with Crippen molar-refractivity contribution in [3.63, 3.8) is 0 Å². The van der Waals surface area contributed by atoms with Crippen LogP contribution in [0.25, 0.3) is 16.8 Å². The zero-order valence-corrected chi connectivity index (χ0v) is 16.6. The van der Waals surface area contributed by atoms with Crippen LogP contribution < -0.4 is 10.2 Å². The molecule has 0 unspecified atom stereocenters. The van der Waals surface area contributed by atoms with Gasteiger partial charge in [0.2, 0.25) is 5.91 Å². The summed E-state index contributed by atoms with van der Waals surface area (Å²) >= 11 is 6.80. The van der Waals surface area contributed by atoms with Crippen molar-refractivity contribution in [1.82, 2.24) is 0 Å². The Morgan fingerprint density at radius 1 is 1.04 bits per heavy atom. The van der Waals surface area contributed by atoms with Crippen LogP contribution in [-0.4, -0.2) is 16.1 Å². The number of rotatable bonds is 3. The van der Waals surface area contributed by atoms with Gasteiger partial charge in [-0.25, -0.2) is 0 Å². The SMILES string of the molecule is CC(=O)Nc1ccc(/C=C2/SC(=S)N(c3cccc4ccccc34)C2=O)cc1. The van der Waals surface area contributed by atoms with Crippen molar-refractivity contribution < 1.29 is 9.59 Å². The predicted molar refractivity (Wildman–Crippen MR) is 120 cm³/mol. The van der Waals surface area contributed by atoms with Gasteiger partial charge in [0.15, 0.2) is 4.32 Å². The average Bonchev–Trinajstić information content (AvgIpc) is 2.96. The zero-order chi connectivity index (χ0) is 19.7. The lowest BCUT2D eigenvalue weighted by Crippen LogP contribution is -2.27. The van der Waals surface area contributed by atoms with E-state index >= 15 is 0 Å². The normalized spacial score (nSPS) is 15.5. The van der Waals surface area contributed by atoms with Gasteiger partial charge in [-0.05, 0) is 35.2 Å². The predicted octanol–water partition coefficient (Wildman–Crippen LogP) is 5.20. The zero-order valence-electron chi connectivity index (χ0n) is 15.0. The number of anilines is 2. The van der Waals surface area contributed by atoms with Crippen molar-refractivity contribution in [2.24, 2.45) is 0 Å². The van der Waals surface area contributed by atoms with Crippen molar-refractivity contribution in [1.29, 1.82) is 0 Å². The number of fused-ring (bicyclic) bond motifs is 1. The van der Waals surface area contributed by atoms with E-state index < -0.39 is 0 Å². The number of hydrogen-bond acceptors (Lipinski definition) is 4. The lowest BCUT2D eigenvalue weighted by Gasteiger charge is -2.17. The molecule has 3 aromatic rings. The van der Waals surface area contributed by atoms with Gasteiger partial charge < -0.3 is 5.32 Å². The van der Waals surface area contributed by atoms with E-state index in [0.717, 1.165) is 22.0 Å². The molecule has 28 heavy (non-hydrogen) atoms. The molecule has 3 aromatic carbocycles. The molecule has 1 heterocycles. The third-order valence-corrected chi connectivity index (χ3v) is 5.63. The summed E-state index contributed by atoms with van der Waals surface area (Å²) in [6, 6.07) is 21.1. The Balaban J connectivity index is 1.65. The highest BCUT2D eigenvalue weighted by molar-refractivity contribution is 8.27. The van der Waals surface area contributed by atoms with Crippen molar-refractivity contribution in [3.05, 3.63) is 77.2 Å². The maximum Gasteiger partial charge on any atom is 0.270 e. The van der Waals surface area contributed by atoms with Crippen molar-refractivity contribution >= 4 is 68.3 Å². The van der Waals surface area contributed by atoms with Gasteiger partial charge in [0.25, 0.3) is 5.91 Å². The monoisotopic (exact) mass is 404 g/mol. The number of nitrogens with one attached hydrogen (secondary N) is 1. The van der Waals surface area contributed by atoms with Gasteiger partial charge in [-0.3, -0.25) is 14.5 Å². The van der Waals surface area contributed by atoms with Gasteiger partial charge in [0, 0.05) is 18.0 Å². The molecule has 1 aliphatic rings. The van der Waals surface area contributed by atoms with Gasteiger partial charge in [0.1, 0.15) is 0 Å². The summed E-state index contributed by atoms with van der Waals surface area (Å²) in [5.41, 5.74) is 2.38. The molecule has 4 rings (SSSR count). The molecule has 4 nitrogen and oxygen atoms in total. The number of nitrogens with zero attached hydrogens (tertiary/aromatic N) is 1. The van der Waals surface area contributed by atoms with E-state index in [9.17, 15) is 9.59 Å². The van der Waals surface area contributed by atoms with Gasteiger partial charge in [-0.2, -0.15) is 0 Å². The highest BCUT2D eigenvalue weighted by Crippen LogP contribution is 2.38. The van der Waals surface area contributed by atoms with Gasteiger partial charge in [-0.1, -0.05) is 72.5 Å². The fraction of sp³-hybridized carbons (Fsp3) is 0.0455. The Labute approximate surface area is 172 Å². The largest absolute Gasteiger partial charge is 0.326 e. The highest BCUT2D eigenvalue weighted by atomic mass is 32.2. The summed E-state index contributed by atoms with van der Waals surface area (Å²) in [6.07, 6.45) is 1.82. The maximum absolute atomic E-state index is 13.1. The molecule has 6 heteroatoms. The molecule has 0 spiro atoms. The average molecular weight is 405 g/mol. The summed E-state index contributed by atoms with van der Waals surface area (Å²) in [7, 11) is 0. The van der Waals surface area contributed by atoms with E-state index in [1.807, 2.05) is 60.7 Å². The first-order valence-electron chi connectivity index (χ1n) is 8.66. The molecule has 0 atom stereocenters. The second-order valence-corrected chi connectivity index (χ2v) is 7.99. The van der Waals surface area contributed by atoms with E-state index in [4.69, 9.17) is 12.2 Å². The fourth-order valence-electron chi connectivity index (χ4n) is 3.10. The summed E-state index contributed by atoms with van der Waals surface area (Å²) in [5, 5.41) is 4.78. The second-order valence-electron chi connectivity index (χ2n) is 6.32. The molecule has 0 aliphatic carbocycles. The van der Waals surface area contributed by atoms with Crippen LogP contribution in [0.15, 0.2) is 71.6 Å². The smallest absolute Gasteiger partial charge is 0.270 e. The van der Waals surface area contributed by atoms with Crippen molar-refractivity contribution in [3.8, 4) is 0 Å². The minimum absolute atomic E-state index is 0.122. The fourth-order valence-corrected chi connectivity index (χ4v) is 4.38. The van der Waals surface area contributed by atoms with E-state index in [0.29, 0.717) is 14.9 Å². The topological polar surface area (TPSA) is 49.4 Å². The van der Waals surface area contributed by atoms with Crippen LogP contribution in [0.5, 0.6) is 0 Å². The molecule has 1 fully saturated rings. The second kappa shape index (κ2) is 7.58. The number of thiocarbonyl (C=S) groups is 1. The minimum Gasteiger partial charge on any atom is -0.326 e. The van der Waals surface area contributed by atoms with E-state index in [2.05, 4.69) is 5.32 Å². The van der Waals surface area contributed by atoms with Crippen molar-refractivity contribution in [2.45, 2.75) is 6.92 Å². The molecule has 0 bridgehead atoms. The van der Waals surface area contributed by atoms with Crippen LogP contribution in [0.3, 0.4) is 0 Å².